The first-order chi connectivity index (χ1) is 12.5. The molecule has 136 valence electrons. The Labute approximate surface area is 149 Å². The molecule has 2 aromatic heterocycles. The van der Waals surface area contributed by atoms with Crippen LogP contribution in [0.5, 0.6) is 0 Å². The van der Waals surface area contributed by atoms with E-state index in [9.17, 15) is 20.3 Å². The lowest BCUT2D eigenvalue weighted by atomic mass is 9.98. The first kappa shape index (κ1) is 16.8. The molecule has 4 rings (SSSR count). The average molecular weight is 356 g/mol. The second-order valence-corrected chi connectivity index (χ2v) is 6.88. The molecule has 2 saturated carbocycles. The van der Waals surface area contributed by atoms with Crippen LogP contribution in [-0.2, 0) is 4.79 Å². The Kier molecular flexibility index (Phi) is 3.64. The summed E-state index contributed by atoms with van der Waals surface area (Å²) >= 11 is 0. The molecule has 9 heteroatoms. The second-order valence-electron chi connectivity index (χ2n) is 6.88. The Morgan fingerprint density at radius 2 is 2.31 bits per heavy atom. The summed E-state index contributed by atoms with van der Waals surface area (Å²) in [6.45, 7) is 2.60. The first-order valence-corrected chi connectivity index (χ1v) is 8.59. The fraction of sp³-hybridized carbons (Fsp3) is 0.529. The fourth-order valence-corrected chi connectivity index (χ4v) is 4.39. The van der Waals surface area contributed by atoms with Crippen molar-refractivity contribution in [1.29, 1.82) is 5.26 Å². The van der Waals surface area contributed by atoms with Crippen LogP contribution in [-0.4, -0.2) is 56.5 Å². The van der Waals surface area contributed by atoms with Gasteiger partial charge in [0.2, 0.25) is 5.91 Å². The molecule has 2 aromatic rings. The van der Waals surface area contributed by atoms with Crippen molar-refractivity contribution in [3.63, 3.8) is 0 Å². The smallest absolute Gasteiger partial charge is 0.229 e. The summed E-state index contributed by atoms with van der Waals surface area (Å²) in [7, 11) is 1.52. The Balaban J connectivity index is 1.82. The van der Waals surface area contributed by atoms with Crippen LogP contribution < -0.4 is 10.6 Å². The number of rotatable bonds is 4. The van der Waals surface area contributed by atoms with Crippen LogP contribution in [0.2, 0.25) is 0 Å². The molecule has 0 bridgehead atoms. The Bertz CT molecular complexity index is 934. The number of pyridine rings is 1. The molecule has 0 aromatic carbocycles. The number of nitrogens with zero attached hydrogens (tertiary/aromatic N) is 4. The molecule has 5 atom stereocenters. The van der Waals surface area contributed by atoms with Crippen molar-refractivity contribution in [1.82, 2.24) is 19.9 Å². The van der Waals surface area contributed by atoms with E-state index in [1.807, 2.05) is 13.0 Å². The summed E-state index contributed by atoms with van der Waals surface area (Å²) in [4.78, 5) is 21.0. The molecule has 2 aliphatic carbocycles. The number of carbonyl (C=O) groups is 1. The lowest BCUT2D eigenvalue weighted by Crippen LogP contribution is -2.41. The first-order valence-electron chi connectivity index (χ1n) is 8.59. The van der Waals surface area contributed by atoms with Crippen LogP contribution in [0.3, 0.4) is 0 Å². The van der Waals surface area contributed by atoms with Gasteiger partial charge in [-0.05, 0) is 13.3 Å². The number of imidazole rings is 1. The van der Waals surface area contributed by atoms with Crippen molar-refractivity contribution in [2.45, 2.75) is 31.6 Å². The lowest BCUT2D eigenvalue weighted by Gasteiger charge is -2.23. The Morgan fingerprint density at radius 3 is 2.96 bits per heavy atom. The van der Waals surface area contributed by atoms with Crippen LogP contribution >= 0.6 is 0 Å². The van der Waals surface area contributed by atoms with E-state index in [-0.39, 0.29) is 17.5 Å². The normalized spacial score (nSPS) is 32.1. The summed E-state index contributed by atoms with van der Waals surface area (Å²) in [5, 5.41) is 36.1. The van der Waals surface area contributed by atoms with Crippen LogP contribution in [0.15, 0.2) is 12.4 Å². The number of aliphatic hydroxyl groups is 2. The molecule has 2 aliphatic rings. The van der Waals surface area contributed by atoms with Crippen molar-refractivity contribution in [3.8, 4) is 6.07 Å². The monoisotopic (exact) mass is 356 g/mol. The van der Waals surface area contributed by atoms with Crippen LogP contribution in [0.1, 0.15) is 25.1 Å². The van der Waals surface area contributed by atoms with Crippen LogP contribution in [0, 0.1) is 22.7 Å². The Morgan fingerprint density at radius 1 is 1.54 bits per heavy atom. The predicted octanol–water partition coefficient (Wildman–Crippen LogP) is -0.236. The van der Waals surface area contributed by atoms with E-state index in [0.717, 1.165) is 0 Å². The van der Waals surface area contributed by atoms with E-state index >= 15 is 0 Å². The standard InChI is InChI=1S/C17H20N6O3/c1-3-20-10-4-8(6-18)22-15-11(10)21-7-23(15)12-9-5-17(9,16(26)19-2)14(25)13(12)24/h4,7,9,12-14,24-25H,3,5H2,1-2H3,(H,19,26)(H,20,22)/t9-,12-,13+,14+,17+/m1/s1. The largest absolute Gasteiger partial charge is 0.389 e. The molecular formula is C17H20N6O3. The van der Waals surface area contributed by atoms with E-state index in [4.69, 9.17) is 0 Å². The zero-order valence-corrected chi connectivity index (χ0v) is 14.5. The number of amides is 1. The van der Waals surface area contributed by atoms with Gasteiger partial charge in [-0.1, -0.05) is 0 Å². The van der Waals surface area contributed by atoms with Gasteiger partial charge in [0.25, 0.3) is 0 Å². The number of aromatic nitrogens is 3. The molecule has 0 spiro atoms. The maximum Gasteiger partial charge on any atom is 0.229 e. The van der Waals surface area contributed by atoms with Gasteiger partial charge in [-0.2, -0.15) is 5.26 Å². The maximum absolute atomic E-state index is 12.3. The number of hydrogen-bond acceptors (Lipinski definition) is 7. The van der Waals surface area contributed by atoms with Gasteiger partial charge in [-0.25, -0.2) is 9.97 Å². The molecule has 2 heterocycles. The molecule has 26 heavy (non-hydrogen) atoms. The molecule has 2 fully saturated rings. The van der Waals surface area contributed by atoms with Crippen LogP contribution in [0.25, 0.3) is 11.2 Å². The third-order valence-corrected chi connectivity index (χ3v) is 5.66. The van der Waals surface area contributed by atoms with Gasteiger partial charge in [0.1, 0.15) is 23.4 Å². The quantitative estimate of drug-likeness (QED) is 0.594. The molecule has 0 saturated heterocycles. The topological polar surface area (TPSA) is 136 Å². The van der Waals surface area contributed by atoms with Crippen molar-refractivity contribution in [3.05, 3.63) is 18.1 Å². The SMILES string of the molecule is CCNc1cc(C#N)nc2c1ncn2[C@H]1[C@H](O)[C@H](O)[C@]2(C(=O)NC)C[C@H]12. The summed E-state index contributed by atoms with van der Waals surface area (Å²) in [6, 6.07) is 3.14. The molecule has 1 amide bonds. The van der Waals surface area contributed by atoms with E-state index in [2.05, 4.69) is 20.6 Å². The highest BCUT2D eigenvalue weighted by Crippen LogP contribution is 2.67. The van der Waals surface area contributed by atoms with Crippen molar-refractivity contribution >= 4 is 22.8 Å². The molecular weight excluding hydrogens is 336 g/mol. The fourth-order valence-electron chi connectivity index (χ4n) is 4.39. The second kappa shape index (κ2) is 5.65. The number of fused-ring (bicyclic) bond motifs is 2. The highest BCUT2D eigenvalue weighted by molar-refractivity contribution is 5.89. The van der Waals surface area contributed by atoms with Gasteiger partial charge >= 0.3 is 0 Å². The summed E-state index contributed by atoms with van der Waals surface area (Å²) in [5.41, 5.74) is 1.000. The van der Waals surface area contributed by atoms with E-state index < -0.39 is 23.7 Å². The number of carbonyl (C=O) groups excluding carboxylic acids is 1. The van der Waals surface area contributed by atoms with Gasteiger partial charge in [0.15, 0.2) is 5.65 Å². The van der Waals surface area contributed by atoms with E-state index in [1.54, 1.807) is 17.0 Å². The summed E-state index contributed by atoms with van der Waals surface area (Å²) < 4.78 is 1.69. The van der Waals surface area contributed by atoms with Crippen molar-refractivity contribution < 1.29 is 15.0 Å². The molecule has 0 unspecified atom stereocenters. The third-order valence-electron chi connectivity index (χ3n) is 5.66. The minimum Gasteiger partial charge on any atom is -0.389 e. The average Bonchev–Trinajstić information content (AvgIpc) is 3.18. The zero-order valence-electron chi connectivity index (χ0n) is 14.5. The number of anilines is 1. The minimum atomic E-state index is -1.15. The van der Waals surface area contributed by atoms with Gasteiger partial charge in [-0.15, -0.1) is 0 Å². The number of aliphatic hydroxyl groups excluding tert-OH is 2. The van der Waals surface area contributed by atoms with Gasteiger partial charge in [0.05, 0.1) is 29.6 Å². The lowest BCUT2D eigenvalue weighted by molar-refractivity contribution is -0.132. The highest BCUT2D eigenvalue weighted by atomic mass is 16.3. The third kappa shape index (κ3) is 2.00. The molecule has 0 radical (unpaired) electrons. The summed E-state index contributed by atoms with van der Waals surface area (Å²) in [6.07, 6.45) is -0.216. The van der Waals surface area contributed by atoms with Gasteiger partial charge in [-0.3, -0.25) is 4.79 Å². The minimum absolute atomic E-state index is 0.208. The van der Waals surface area contributed by atoms with Crippen LogP contribution in [0.4, 0.5) is 5.69 Å². The zero-order chi connectivity index (χ0) is 18.6. The number of hydrogen-bond donors (Lipinski definition) is 4. The molecule has 0 aliphatic heterocycles. The van der Waals surface area contributed by atoms with Gasteiger partial charge in [0, 0.05) is 25.6 Å². The van der Waals surface area contributed by atoms with Crippen molar-refractivity contribution in [2.75, 3.05) is 18.9 Å². The maximum atomic E-state index is 12.3. The van der Waals surface area contributed by atoms with Crippen molar-refractivity contribution in [2.24, 2.45) is 11.3 Å². The number of nitriles is 1. The van der Waals surface area contributed by atoms with E-state index in [1.165, 1.54) is 7.05 Å². The summed E-state index contributed by atoms with van der Waals surface area (Å²) in [5.74, 6) is -0.472. The Hall–Kier alpha value is -2.70. The van der Waals surface area contributed by atoms with E-state index in [0.29, 0.717) is 29.8 Å². The molecule has 4 N–H and O–H groups in total. The highest BCUT2D eigenvalue weighted by Gasteiger charge is 2.75. The number of nitrogens with one attached hydrogen (secondary N) is 2. The predicted molar refractivity (Wildman–Crippen MR) is 92.1 cm³/mol. The van der Waals surface area contributed by atoms with Gasteiger partial charge < -0.3 is 25.4 Å². The molecule has 9 nitrogen and oxygen atoms in total.